The van der Waals surface area contributed by atoms with Crippen LogP contribution in [-0.2, 0) is 17.6 Å². The summed E-state index contributed by atoms with van der Waals surface area (Å²) in [5.74, 6) is 2.07. The van der Waals surface area contributed by atoms with Gasteiger partial charge < -0.3 is 18.9 Å². The Kier molecular flexibility index (Phi) is 5.45. The summed E-state index contributed by atoms with van der Waals surface area (Å²) in [5.41, 5.74) is 3.30. The van der Waals surface area contributed by atoms with Gasteiger partial charge in [-0.3, -0.25) is 9.59 Å². The molecule has 5 rings (SSSR count). The molecule has 7 nitrogen and oxygen atoms in total. The van der Waals surface area contributed by atoms with Crippen molar-refractivity contribution in [1.29, 1.82) is 0 Å². The van der Waals surface area contributed by atoms with E-state index in [1.165, 1.54) is 0 Å². The molecule has 0 bridgehead atoms. The molecule has 1 amide bonds. The predicted octanol–water partition coefficient (Wildman–Crippen LogP) is 4.91. The highest BCUT2D eigenvalue weighted by Crippen LogP contribution is 2.32. The van der Waals surface area contributed by atoms with E-state index in [0.717, 1.165) is 28.0 Å². The van der Waals surface area contributed by atoms with Gasteiger partial charge in [-0.2, -0.15) is 0 Å². The molecule has 2 aromatic heterocycles. The van der Waals surface area contributed by atoms with E-state index in [0.29, 0.717) is 48.4 Å². The quantitative estimate of drug-likeness (QED) is 0.429. The average molecular weight is 449 g/mol. The number of carbonyl (C=O) groups excluding carboxylic acids is 2. The number of nitrogens with one attached hydrogen (secondary N) is 1. The number of hydrogen-bond acceptors (Lipinski definition) is 7. The third-order valence-corrected chi connectivity index (χ3v) is 6.15. The molecule has 1 aliphatic rings. The van der Waals surface area contributed by atoms with E-state index >= 15 is 0 Å². The molecule has 1 unspecified atom stereocenters. The first kappa shape index (κ1) is 20.4. The fourth-order valence-electron chi connectivity index (χ4n) is 3.75. The number of hydrogen-bond donors (Lipinski definition) is 1. The molecule has 32 heavy (non-hydrogen) atoms. The third-order valence-electron chi connectivity index (χ3n) is 5.36. The Balaban J connectivity index is 1.28. The van der Waals surface area contributed by atoms with Crippen molar-refractivity contribution in [2.75, 3.05) is 6.61 Å². The molecule has 2 aromatic carbocycles. The minimum atomic E-state index is -0.540. The largest absolute Gasteiger partial charge is 0.492 e. The van der Waals surface area contributed by atoms with Crippen molar-refractivity contribution < 1.29 is 23.2 Å². The number of oxazole rings is 1. The Bertz CT molecular complexity index is 1290. The number of carbonyl (C=O) groups is 2. The number of furan rings is 1. The summed E-state index contributed by atoms with van der Waals surface area (Å²) in [6, 6.07) is 14.8. The van der Waals surface area contributed by atoms with Crippen LogP contribution in [0.25, 0.3) is 22.4 Å². The number of thioether (sulfide) groups is 1. The molecule has 0 spiro atoms. The standard InChI is InChI=1S/C24H20N2O5S/c1-14-18(25-22(31-14)15-5-3-2-4-6-15)10-12-29-20-8-7-16(21-17(20)9-11-30-21)13-19-23(27)32-24(28)26-19/h2-9,11,19H,10,12-13H2,1H3,(H,26,28). The SMILES string of the molecule is Cc1oc(-c2ccccc2)nc1CCOc1ccc(CC2NC(=O)SC2=O)c2occc12. The van der Waals surface area contributed by atoms with Gasteiger partial charge in [-0.05, 0) is 36.8 Å². The van der Waals surface area contributed by atoms with Crippen LogP contribution < -0.4 is 10.1 Å². The van der Waals surface area contributed by atoms with Gasteiger partial charge in [0.25, 0.3) is 5.24 Å². The van der Waals surface area contributed by atoms with Crippen molar-refractivity contribution in [2.24, 2.45) is 0 Å². The fraction of sp³-hybridized carbons (Fsp3) is 0.208. The molecule has 3 heterocycles. The fourth-order valence-corrected chi connectivity index (χ4v) is 4.42. The maximum Gasteiger partial charge on any atom is 0.287 e. The summed E-state index contributed by atoms with van der Waals surface area (Å²) in [6.45, 7) is 2.33. The first-order valence-corrected chi connectivity index (χ1v) is 11.1. The van der Waals surface area contributed by atoms with Crippen molar-refractivity contribution in [3.8, 4) is 17.2 Å². The Morgan fingerprint density at radius 3 is 2.75 bits per heavy atom. The molecule has 0 aliphatic carbocycles. The van der Waals surface area contributed by atoms with Gasteiger partial charge in [-0.1, -0.05) is 24.3 Å². The Morgan fingerprint density at radius 2 is 1.97 bits per heavy atom. The van der Waals surface area contributed by atoms with E-state index in [-0.39, 0.29) is 10.4 Å². The van der Waals surface area contributed by atoms with E-state index in [4.69, 9.17) is 13.6 Å². The van der Waals surface area contributed by atoms with Gasteiger partial charge in [0.1, 0.15) is 23.1 Å². The number of aromatic nitrogens is 1. The summed E-state index contributed by atoms with van der Waals surface area (Å²) < 4.78 is 17.5. The van der Waals surface area contributed by atoms with Gasteiger partial charge in [0.15, 0.2) is 0 Å². The minimum absolute atomic E-state index is 0.173. The molecule has 1 aliphatic heterocycles. The van der Waals surface area contributed by atoms with E-state index < -0.39 is 6.04 Å². The highest BCUT2D eigenvalue weighted by atomic mass is 32.2. The van der Waals surface area contributed by atoms with Crippen molar-refractivity contribution in [1.82, 2.24) is 10.3 Å². The summed E-state index contributed by atoms with van der Waals surface area (Å²) in [4.78, 5) is 28.0. The number of aryl methyl sites for hydroxylation is 1. The predicted molar refractivity (Wildman–Crippen MR) is 121 cm³/mol. The number of nitrogens with zero attached hydrogens (tertiary/aromatic N) is 1. The monoisotopic (exact) mass is 448 g/mol. The molecule has 4 aromatic rings. The van der Waals surface area contributed by atoms with Crippen LogP contribution in [0, 0.1) is 6.92 Å². The van der Waals surface area contributed by atoms with Gasteiger partial charge in [0.2, 0.25) is 11.0 Å². The van der Waals surface area contributed by atoms with Crippen LogP contribution in [0.3, 0.4) is 0 Å². The molecule has 8 heteroatoms. The molecular formula is C24H20N2O5S. The molecule has 0 radical (unpaired) electrons. The average Bonchev–Trinajstić information content (AvgIpc) is 3.50. The van der Waals surface area contributed by atoms with Gasteiger partial charge in [0.05, 0.1) is 24.0 Å². The van der Waals surface area contributed by atoms with Crippen LogP contribution in [0.4, 0.5) is 4.79 Å². The van der Waals surface area contributed by atoms with Crippen LogP contribution in [0.5, 0.6) is 5.75 Å². The summed E-state index contributed by atoms with van der Waals surface area (Å²) in [7, 11) is 0. The van der Waals surface area contributed by atoms with E-state index in [2.05, 4.69) is 10.3 Å². The van der Waals surface area contributed by atoms with Gasteiger partial charge in [0, 0.05) is 30.2 Å². The van der Waals surface area contributed by atoms with E-state index in [1.807, 2.05) is 55.5 Å². The molecule has 162 valence electrons. The Hall–Kier alpha value is -3.52. The second-order valence-corrected chi connectivity index (χ2v) is 8.46. The molecule has 1 fully saturated rings. The maximum atomic E-state index is 11.9. The second-order valence-electron chi connectivity index (χ2n) is 7.48. The van der Waals surface area contributed by atoms with Crippen molar-refractivity contribution in [2.45, 2.75) is 25.8 Å². The summed E-state index contributed by atoms with van der Waals surface area (Å²) in [5, 5.41) is 3.02. The number of ether oxygens (including phenoxy) is 1. The van der Waals surface area contributed by atoms with E-state index in [1.54, 1.807) is 6.26 Å². The smallest absolute Gasteiger partial charge is 0.287 e. The number of benzene rings is 2. The lowest BCUT2D eigenvalue weighted by atomic mass is 10.0. The number of fused-ring (bicyclic) bond motifs is 1. The van der Waals surface area contributed by atoms with Crippen molar-refractivity contribution in [3.05, 3.63) is 71.8 Å². The molecule has 1 N–H and O–H groups in total. The zero-order chi connectivity index (χ0) is 22.1. The summed E-state index contributed by atoms with van der Waals surface area (Å²) >= 11 is 0.711. The van der Waals surface area contributed by atoms with Crippen molar-refractivity contribution >= 4 is 33.1 Å². The Morgan fingerprint density at radius 1 is 1.12 bits per heavy atom. The molecule has 0 saturated carbocycles. The van der Waals surface area contributed by atoms with Gasteiger partial charge in [-0.15, -0.1) is 0 Å². The van der Waals surface area contributed by atoms with Crippen LogP contribution >= 0.6 is 11.8 Å². The zero-order valence-corrected chi connectivity index (χ0v) is 18.1. The maximum absolute atomic E-state index is 11.9. The third kappa shape index (κ3) is 4.01. The minimum Gasteiger partial charge on any atom is -0.492 e. The Labute approximate surface area is 188 Å². The summed E-state index contributed by atoms with van der Waals surface area (Å²) in [6.07, 6.45) is 2.57. The second kappa shape index (κ2) is 8.55. The zero-order valence-electron chi connectivity index (χ0n) is 17.3. The van der Waals surface area contributed by atoms with Crippen LogP contribution in [-0.4, -0.2) is 28.0 Å². The van der Waals surface area contributed by atoms with Crippen LogP contribution in [0.15, 0.2) is 63.6 Å². The number of amides is 1. The van der Waals surface area contributed by atoms with Crippen LogP contribution in [0.1, 0.15) is 17.0 Å². The lowest BCUT2D eigenvalue weighted by molar-refractivity contribution is -0.112. The lowest BCUT2D eigenvalue weighted by Crippen LogP contribution is -2.30. The lowest BCUT2D eigenvalue weighted by Gasteiger charge is -2.11. The number of rotatable bonds is 7. The topological polar surface area (TPSA) is 94.6 Å². The highest BCUT2D eigenvalue weighted by Gasteiger charge is 2.32. The molecular weight excluding hydrogens is 428 g/mol. The normalized spacial score (nSPS) is 16.0. The van der Waals surface area contributed by atoms with Gasteiger partial charge in [-0.25, -0.2) is 4.98 Å². The molecule has 1 atom stereocenters. The van der Waals surface area contributed by atoms with E-state index in [9.17, 15) is 9.59 Å². The first-order chi connectivity index (χ1) is 15.6. The molecule has 1 saturated heterocycles. The van der Waals surface area contributed by atoms with Crippen molar-refractivity contribution in [3.63, 3.8) is 0 Å². The van der Waals surface area contributed by atoms with Crippen LogP contribution in [0.2, 0.25) is 0 Å². The van der Waals surface area contributed by atoms with Gasteiger partial charge >= 0.3 is 0 Å². The first-order valence-electron chi connectivity index (χ1n) is 10.2. The highest BCUT2D eigenvalue weighted by molar-refractivity contribution is 8.26.